The highest BCUT2D eigenvalue weighted by Gasteiger charge is 2.58. The molecule has 39 heavy (non-hydrogen) atoms. The van der Waals surface area contributed by atoms with Gasteiger partial charge in [-0.2, -0.15) is 0 Å². The zero-order valence-electron chi connectivity index (χ0n) is 24.3. The van der Waals surface area contributed by atoms with Crippen LogP contribution in [0, 0.1) is 0 Å². The zero-order chi connectivity index (χ0) is 29.5. The van der Waals surface area contributed by atoms with Crippen molar-refractivity contribution in [1.29, 1.82) is 0 Å². The summed E-state index contributed by atoms with van der Waals surface area (Å²) >= 11 is 0. The van der Waals surface area contributed by atoms with Crippen LogP contribution in [0.3, 0.4) is 0 Å². The lowest BCUT2D eigenvalue weighted by atomic mass is 9.99. The van der Waals surface area contributed by atoms with E-state index in [1.54, 1.807) is 60.9 Å². The average Bonchev–Trinajstić information content (AvgIpc) is 2.79. The molecule has 1 aliphatic rings. The smallest absolute Gasteiger partial charge is 0.419 e. The van der Waals surface area contributed by atoms with E-state index in [1.165, 1.54) is 0 Å². The Hall–Kier alpha value is -2.49. The molecular formula is C27H44N3O8P. The monoisotopic (exact) mass is 569 g/mol. The molecule has 1 aliphatic heterocycles. The Morgan fingerprint density at radius 2 is 1.72 bits per heavy atom. The minimum absolute atomic E-state index is 0.0438. The molecule has 1 fully saturated rings. The average molecular weight is 570 g/mol. The first-order chi connectivity index (χ1) is 18.0. The normalized spacial score (nSPS) is 22.2. The van der Waals surface area contributed by atoms with E-state index in [2.05, 4.69) is 4.98 Å². The lowest BCUT2D eigenvalue weighted by molar-refractivity contribution is -0.141. The van der Waals surface area contributed by atoms with Gasteiger partial charge in [-0.05, 0) is 79.4 Å². The molecule has 2 heterocycles. The first-order valence-electron chi connectivity index (χ1n) is 13.3. The van der Waals surface area contributed by atoms with E-state index in [4.69, 9.17) is 14.0 Å². The van der Waals surface area contributed by atoms with Gasteiger partial charge in [0.15, 0.2) is 5.16 Å². The van der Waals surface area contributed by atoms with Crippen molar-refractivity contribution in [2.75, 3.05) is 32.4 Å². The van der Waals surface area contributed by atoms with Crippen molar-refractivity contribution in [3.8, 4) is 0 Å². The van der Waals surface area contributed by atoms with Gasteiger partial charge >= 0.3 is 18.2 Å². The first-order valence-corrected chi connectivity index (χ1v) is 15.1. The van der Waals surface area contributed by atoms with Crippen LogP contribution in [-0.4, -0.2) is 86.8 Å². The highest BCUT2D eigenvalue weighted by molar-refractivity contribution is 7.62. The Bertz CT molecular complexity index is 1010. The maximum absolute atomic E-state index is 14.0. The number of aliphatic carboxylic acids is 1. The van der Waals surface area contributed by atoms with Crippen LogP contribution in [0.5, 0.6) is 0 Å². The largest absolute Gasteiger partial charge is 0.480 e. The standard InChI is InChI=1S/C27H44N3O8P/c1-8-36-39(35)17-16-29(19-21-12-11-14-28-18-21)20-27(39,22(31)32)13-9-10-15-30(23(33)37-25(2,3)4)24(34)38-26(5,6)7/h11-12,14,18H,8-10,13,15-17,19-20H2,1-7H3,(H,31,32). The van der Waals surface area contributed by atoms with Crippen LogP contribution in [-0.2, 0) is 29.9 Å². The molecule has 1 saturated heterocycles. The van der Waals surface area contributed by atoms with Gasteiger partial charge in [-0.25, -0.2) is 14.5 Å². The highest BCUT2D eigenvalue weighted by atomic mass is 31.2. The fourth-order valence-corrected chi connectivity index (χ4v) is 7.45. The van der Waals surface area contributed by atoms with Crippen LogP contribution in [0.1, 0.15) is 73.3 Å². The number of imide groups is 1. The van der Waals surface area contributed by atoms with Gasteiger partial charge in [-0.15, -0.1) is 0 Å². The second kappa shape index (κ2) is 13.2. The van der Waals surface area contributed by atoms with Crippen molar-refractivity contribution in [3.05, 3.63) is 30.1 Å². The van der Waals surface area contributed by atoms with Crippen LogP contribution in [0.4, 0.5) is 9.59 Å². The number of unbranched alkanes of at least 4 members (excludes halogenated alkanes) is 1. The molecule has 12 heteroatoms. The minimum atomic E-state index is -3.56. The number of hydrogen-bond acceptors (Lipinski definition) is 9. The summed E-state index contributed by atoms with van der Waals surface area (Å²) in [5.41, 5.74) is -0.723. The van der Waals surface area contributed by atoms with Crippen LogP contribution in [0.15, 0.2) is 24.5 Å². The minimum Gasteiger partial charge on any atom is -0.480 e. The maximum Gasteiger partial charge on any atom is 0.419 e. The van der Waals surface area contributed by atoms with Gasteiger partial charge in [-0.3, -0.25) is 19.2 Å². The second-order valence-corrected chi connectivity index (χ2v) is 14.7. The van der Waals surface area contributed by atoms with E-state index in [1.807, 2.05) is 17.0 Å². The van der Waals surface area contributed by atoms with E-state index in [0.717, 1.165) is 10.5 Å². The number of rotatable bonds is 10. The number of ether oxygens (including phenoxy) is 2. The first kappa shape index (κ1) is 32.7. The van der Waals surface area contributed by atoms with Gasteiger partial charge in [0.25, 0.3) is 0 Å². The van der Waals surface area contributed by atoms with Gasteiger partial charge < -0.3 is 19.1 Å². The lowest BCUT2D eigenvalue weighted by Crippen LogP contribution is -2.54. The van der Waals surface area contributed by atoms with E-state index in [-0.39, 0.29) is 45.1 Å². The summed E-state index contributed by atoms with van der Waals surface area (Å²) < 4.78 is 30.5. The van der Waals surface area contributed by atoms with Crippen LogP contribution >= 0.6 is 7.37 Å². The number of nitrogens with zero attached hydrogens (tertiary/aromatic N) is 3. The van der Waals surface area contributed by atoms with Gasteiger partial charge in [0.1, 0.15) is 11.2 Å². The highest BCUT2D eigenvalue weighted by Crippen LogP contribution is 2.63. The molecule has 2 atom stereocenters. The third kappa shape index (κ3) is 9.29. The van der Waals surface area contributed by atoms with Crippen molar-refractivity contribution >= 4 is 25.5 Å². The Morgan fingerprint density at radius 3 is 2.21 bits per heavy atom. The molecule has 0 saturated carbocycles. The number of pyridine rings is 1. The van der Waals surface area contributed by atoms with Crippen molar-refractivity contribution in [3.63, 3.8) is 0 Å². The fourth-order valence-electron chi connectivity index (χ4n) is 4.47. The summed E-state index contributed by atoms with van der Waals surface area (Å²) in [5.74, 6) is -1.17. The van der Waals surface area contributed by atoms with Gasteiger partial charge in [-0.1, -0.05) is 6.07 Å². The topological polar surface area (TPSA) is 136 Å². The molecule has 2 amide bonds. The molecule has 2 rings (SSSR count). The molecular weight excluding hydrogens is 525 g/mol. The molecule has 0 aliphatic carbocycles. The number of carbonyl (C=O) groups is 3. The quantitative estimate of drug-likeness (QED) is 0.289. The summed E-state index contributed by atoms with van der Waals surface area (Å²) in [6, 6.07) is 3.73. The van der Waals surface area contributed by atoms with E-state index in [0.29, 0.717) is 13.1 Å². The van der Waals surface area contributed by atoms with E-state index >= 15 is 0 Å². The van der Waals surface area contributed by atoms with Crippen molar-refractivity contribution in [1.82, 2.24) is 14.8 Å². The molecule has 0 radical (unpaired) electrons. The van der Waals surface area contributed by atoms with Crippen molar-refractivity contribution < 1.29 is 38.1 Å². The molecule has 11 nitrogen and oxygen atoms in total. The third-order valence-electron chi connectivity index (χ3n) is 6.16. The number of carbonyl (C=O) groups excluding carboxylic acids is 2. The fraction of sp³-hybridized carbons (Fsp3) is 0.704. The number of aromatic nitrogens is 1. The van der Waals surface area contributed by atoms with Gasteiger partial charge in [0, 0.05) is 44.7 Å². The molecule has 0 spiro atoms. The summed E-state index contributed by atoms with van der Waals surface area (Å²) in [5, 5.41) is 8.81. The number of hydrogen-bond donors (Lipinski definition) is 1. The molecule has 0 aromatic carbocycles. The number of carboxylic acids is 1. The van der Waals surface area contributed by atoms with Gasteiger partial charge in [0.05, 0.1) is 6.61 Å². The second-order valence-electron chi connectivity index (χ2n) is 11.8. The van der Waals surface area contributed by atoms with Crippen molar-refractivity contribution in [2.45, 2.75) is 90.6 Å². The van der Waals surface area contributed by atoms with E-state index < -0.39 is 41.9 Å². The van der Waals surface area contributed by atoms with Crippen LogP contribution in [0.25, 0.3) is 0 Å². The Morgan fingerprint density at radius 1 is 1.10 bits per heavy atom. The zero-order valence-corrected chi connectivity index (χ0v) is 25.2. The lowest BCUT2D eigenvalue weighted by Gasteiger charge is -2.45. The van der Waals surface area contributed by atoms with Crippen molar-refractivity contribution in [2.24, 2.45) is 0 Å². The summed E-state index contributed by atoms with van der Waals surface area (Å²) in [6.45, 7) is 12.9. The molecule has 2 unspecified atom stereocenters. The predicted molar refractivity (Wildman–Crippen MR) is 147 cm³/mol. The molecule has 1 aromatic heterocycles. The summed E-state index contributed by atoms with van der Waals surface area (Å²) in [7, 11) is -3.56. The SMILES string of the molecule is CCOP1(=O)CCN(Cc2cccnc2)CC1(CCCCN(C(=O)OC(C)(C)C)C(=O)OC(C)(C)C)C(=O)O. The molecule has 1 aromatic rings. The number of carboxylic acid groups (broad SMARTS) is 1. The maximum atomic E-state index is 14.0. The molecule has 220 valence electrons. The molecule has 0 bridgehead atoms. The Balaban J connectivity index is 2.21. The number of amides is 2. The summed E-state index contributed by atoms with van der Waals surface area (Å²) in [4.78, 5) is 45.3. The van der Waals surface area contributed by atoms with Gasteiger partial charge in [0.2, 0.25) is 7.37 Å². The van der Waals surface area contributed by atoms with E-state index in [9.17, 15) is 24.1 Å². The Kier molecular flexibility index (Phi) is 11.1. The predicted octanol–water partition coefficient (Wildman–Crippen LogP) is 5.38. The third-order valence-corrected chi connectivity index (χ3v) is 9.49. The summed E-state index contributed by atoms with van der Waals surface area (Å²) in [6.07, 6.45) is 2.43. The molecule has 1 N–H and O–H groups in total. The van der Waals surface area contributed by atoms with Crippen LogP contribution < -0.4 is 0 Å². The Labute approximate surface area is 231 Å². The van der Waals surface area contributed by atoms with Crippen LogP contribution in [0.2, 0.25) is 0 Å².